The normalized spacial score (nSPS) is 35.5. The van der Waals surface area contributed by atoms with Crippen molar-refractivity contribution in [3.63, 3.8) is 0 Å². The molecular weight excluding hydrogens is 182 g/mol. The second-order valence-electron chi connectivity index (χ2n) is 4.66. The third-order valence-corrected chi connectivity index (χ3v) is 3.07. The third-order valence-electron chi connectivity index (χ3n) is 3.07. The summed E-state index contributed by atoms with van der Waals surface area (Å²) in [5, 5.41) is 9.52. The highest BCUT2D eigenvalue weighted by Gasteiger charge is 2.43. The molecule has 1 amide bonds. The van der Waals surface area contributed by atoms with Crippen LogP contribution in [-0.4, -0.2) is 47.3 Å². The minimum atomic E-state index is -0.668. The first kappa shape index (κ1) is 9.93. The molecule has 0 spiro atoms. The summed E-state index contributed by atoms with van der Waals surface area (Å²) in [6.07, 6.45) is 0.853. The summed E-state index contributed by atoms with van der Waals surface area (Å²) in [5.41, 5.74) is -0.668. The van der Waals surface area contributed by atoms with Gasteiger partial charge in [-0.3, -0.25) is 4.79 Å². The second kappa shape index (κ2) is 3.21. The molecule has 14 heavy (non-hydrogen) atoms. The van der Waals surface area contributed by atoms with Crippen molar-refractivity contribution in [2.75, 3.05) is 19.7 Å². The molecule has 1 N–H and O–H groups in total. The quantitative estimate of drug-likeness (QED) is 0.647. The van der Waals surface area contributed by atoms with Crippen LogP contribution in [0.1, 0.15) is 20.3 Å². The van der Waals surface area contributed by atoms with E-state index in [9.17, 15) is 9.90 Å². The zero-order chi connectivity index (χ0) is 10.3. The number of amides is 1. The van der Waals surface area contributed by atoms with Gasteiger partial charge in [0.1, 0.15) is 0 Å². The van der Waals surface area contributed by atoms with Crippen molar-refractivity contribution >= 4 is 5.91 Å². The number of nitrogens with zero attached hydrogens (tertiary/aromatic N) is 1. The molecule has 2 saturated heterocycles. The van der Waals surface area contributed by atoms with Crippen molar-refractivity contribution < 1.29 is 14.6 Å². The summed E-state index contributed by atoms with van der Waals surface area (Å²) in [6, 6.07) is 0. The average Bonchev–Trinajstić information content (AvgIpc) is 2.45. The fourth-order valence-corrected chi connectivity index (χ4v) is 2.22. The van der Waals surface area contributed by atoms with Gasteiger partial charge >= 0.3 is 0 Å². The Morgan fingerprint density at radius 2 is 2.21 bits per heavy atom. The van der Waals surface area contributed by atoms with Gasteiger partial charge < -0.3 is 14.7 Å². The van der Waals surface area contributed by atoms with Gasteiger partial charge in [0.15, 0.2) is 0 Å². The minimum Gasteiger partial charge on any atom is -0.386 e. The van der Waals surface area contributed by atoms with E-state index in [1.165, 1.54) is 0 Å². The lowest BCUT2D eigenvalue weighted by Crippen LogP contribution is -2.63. The molecule has 2 fully saturated rings. The van der Waals surface area contributed by atoms with Gasteiger partial charge in [0, 0.05) is 6.61 Å². The molecule has 0 aromatic heterocycles. The first-order chi connectivity index (χ1) is 6.49. The summed E-state index contributed by atoms with van der Waals surface area (Å²) in [6.45, 7) is 5.31. The van der Waals surface area contributed by atoms with Crippen LogP contribution in [0.3, 0.4) is 0 Å². The molecule has 0 aromatic rings. The van der Waals surface area contributed by atoms with Gasteiger partial charge in [0.05, 0.1) is 30.7 Å². The van der Waals surface area contributed by atoms with Crippen LogP contribution in [-0.2, 0) is 9.53 Å². The monoisotopic (exact) mass is 199 g/mol. The zero-order valence-corrected chi connectivity index (χ0v) is 8.69. The van der Waals surface area contributed by atoms with E-state index < -0.39 is 5.60 Å². The van der Waals surface area contributed by atoms with Gasteiger partial charge in [-0.05, 0) is 20.3 Å². The molecule has 2 rings (SSSR count). The number of likely N-dealkylation sites (tertiary alicyclic amines) is 1. The van der Waals surface area contributed by atoms with Crippen molar-refractivity contribution in [2.24, 2.45) is 5.92 Å². The fraction of sp³-hybridized carbons (Fsp3) is 0.900. The van der Waals surface area contributed by atoms with E-state index in [1.807, 2.05) is 6.92 Å². The Bertz CT molecular complexity index is 244. The molecule has 0 bridgehead atoms. The fourth-order valence-electron chi connectivity index (χ4n) is 2.22. The van der Waals surface area contributed by atoms with Gasteiger partial charge in [-0.15, -0.1) is 0 Å². The molecule has 2 atom stereocenters. The molecule has 0 radical (unpaired) electrons. The largest absolute Gasteiger partial charge is 0.386 e. The standard InChI is InChI=1S/C10H17NO3/c1-7-8(3-4-14-7)9(12)11-5-10(2,13)6-11/h7-8,13H,3-6H2,1-2H3. The first-order valence-electron chi connectivity index (χ1n) is 5.12. The Balaban J connectivity index is 1.90. The number of carbonyl (C=O) groups excluding carboxylic acids is 1. The second-order valence-corrected chi connectivity index (χ2v) is 4.66. The van der Waals surface area contributed by atoms with Crippen LogP contribution < -0.4 is 0 Å². The molecule has 2 aliphatic heterocycles. The van der Waals surface area contributed by atoms with E-state index >= 15 is 0 Å². The summed E-state index contributed by atoms with van der Waals surface area (Å²) < 4.78 is 5.35. The summed E-state index contributed by atoms with van der Waals surface area (Å²) in [4.78, 5) is 13.6. The number of β-amino-alcohol motifs (C(OH)–C–C–N with tert-alkyl or cyclic N) is 1. The molecule has 0 aliphatic carbocycles. The van der Waals surface area contributed by atoms with Crippen LogP contribution >= 0.6 is 0 Å². The molecule has 2 unspecified atom stereocenters. The van der Waals surface area contributed by atoms with E-state index in [0.717, 1.165) is 6.42 Å². The molecular formula is C10H17NO3. The predicted molar refractivity (Wildman–Crippen MR) is 50.7 cm³/mol. The predicted octanol–water partition coefficient (Wildman–Crippen LogP) is 0.00460. The number of carbonyl (C=O) groups is 1. The van der Waals surface area contributed by atoms with Crippen LogP contribution in [0, 0.1) is 5.92 Å². The van der Waals surface area contributed by atoms with Gasteiger partial charge in [-0.25, -0.2) is 0 Å². The topological polar surface area (TPSA) is 49.8 Å². The SMILES string of the molecule is CC1OCCC1C(=O)N1CC(C)(O)C1. The number of aliphatic hydroxyl groups is 1. The van der Waals surface area contributed by atoms with E-state index in [-0.39, 0.29) is 17.9 Å². The Morgan fingerprint density at radius 3 is 2.64 bits per heavy atom. The summed E-state index contributed by atoms with van der Waals surface area (Å²) in [7, 11) is 0. The molecule has 2 heterocycles. The van der Waals surface area contributed by atoms with Crippen LogP contribution in [0.15, 0.2) is 0 Å². The maximum atomic E-state index is 11.9. The minimum absolute atomic E-state index is 0.00565. The Hall–Kier alpha value is -0.610. The Kier molecular flexibility index (Phi) is 2.27. The Morgan fingerprint density at radius 1 is 1.57 bits per heavy atom. The van der Waals surface area contributed by atoms with Gasteiger partial charge in [0.2, 0.25) is 5.91 Å². The molecule has 80 valence electrons. The highest BCUT2D eigenvalue weighted by Crippen LogP contribution is 2.27. The van der Waals surface area contributed by atoms with Gasteiger partial charge in [-0.1, -0.05) is 0 Å². The van der Waals surface area contributed by atoms with E-state index in [0.29, 0.717) is 19.7 Å². The highest BCUT2D eigenvalue weighted by molar-refractivity contribution is 5.80. The lowest BCUT2D eigenvalue weighted by molar-refractivity contribution is -0.157. The highest BCUT2D eigenvalue weighted by atomic mass is 16.5. The van der Waals surface area contributed by atoms with Crippen molar-refractivity contribution in [1.82, 2.24) is 4.90 Å². The van der Waals surface area contributed by atoms with Crippen LogP contribution in [0.25, 0.3) is 0 Å². The summed E-state index contributed by atoms with van der Waals surface area (Å²) >= 11 is 0. The maximum Gasteiger partial charge on any atom is 0.228 e. The maximum absolute atomic E-state index is 11.9. The van der Waals surface area contributed by atoms with Crippen molar-refractivity contribution in [3.8, 4) is 0 Å². The van der Waals surface area contributed by atoms with E-state index in [1.54, 1.807) is 11.8 Å². The molecule has 4 heteroatoms. The lowest BCUT2D eigenvalue weighted by Gasteiger charge is -2.45. The van der Waals surface area contributed by atoms with E-state index in [2.05, 4.69) is 0 Å². The number of rotatable bonds is 1. The third kappa shape index (κ3) is 1.64. The van der Waals surface area contributed by atoms with Crippen LogP contribution in [0.5, 0.6) is 0 Å². The van der Waals surface area contributed by atoms with Crippen molar-refractivity contribution in [2.45, 2.75) is 32.0 Å². The number of hydrogen-bond donors (Lipinski definition) is 1. The number of hydrogen-bond acceptors (Lipinski definition) is 3. The average molecular weight is 199 g/mol. The van der Waals surface area contributed by atoms with Crippen LogP contribution in [0.2, 0.25) is 0 Å². The molecule has 0 saturated carbocycles. The molecule has 4 nitrogen and oxygen atoms in total. The van der Waals surface area contributed by atoms with E-state index in [4.69, 9.17) is 4.74 Å². The molecule has 0 aromatic carbocycles. The summed E-state index contributed by atoms with van der Waals surface area (Å²) in [5.74, 6) is 0.146. The van der Waals surface area contributed by atoms with Crippen LogP contribution in [0.4, 0.5) is 0 Å². The van der Waals surface area contributed by atoms with Gasteiger partial charge in [-0.2, -0.15) is 0 Å². The van der Waals surface area contributed by atoms with Crippen molar-refractivity contribution in [1.29, 1.82) is 0 Å². The zero-order valence-electron chi connectivity index (χ0n) is 8.69. The molecule has 2 aliphatic rings. The number of ether oxygens (including phenoxy) is 1. The van der Waals surface area contributed by atoms with Crippen molar-refractivity contribution in [3.05, 3.63) is 0 Å². The Labute approximate surface area is 83.8 Å². The first-order valence-corrected chi connectivity index (χ1v) is 5.12. The van der Waals surface area contributed by atoms with Gasteiger partial charge in [0.25, 0.3) is 0 Å². The lowest BCUT2D eigenvalue weighted by atomic mass is 9.92. The smallest absolute Gasteiger partial charge is 0.228 e.